The van der Waals surface area contributed by atoms with E-state index in [0.717, 1.165) is 12.8 Å². The molecule has 0 spiro atoms. The molecule has 2 rings (SSSR count). The molecule has 1 aromatic rings. The van der Waals surface area contributed by atoms with Crippen LogP contribution in [0.15, 0.2) is 18.2 Å². The molecule has 1 fully saturated rings. The Labute approximate surface area is 106 Å². The number of amides is 1. The Balaban J connectivity index is 2.16. The zero-order valence-corrected chi connectivity index (χ0v) is 10.4. The van der Waals surface area contributed by atoms with E-state index in [9.17, 15) is 9.18 Å². The van der Waals surface area contributed by atoms with Crippen LogP contribution in [0.1, 0.15) is 23.2 Å². The molecule has 98 valence electrons. The summed E-state index contributed by atoms with van der Waals surface area (Å²) < 4.78 is 18.7. The zero-order valence-electron chi connectivity index (χ0n) is 10.4. The number of nitrogen functional groups attached to an aromatic ring is 1. The van der Waals surface area contributed by atoms with Crippen LogP contribution in [0.5, 0.6) is 0 Å². The van der Waals surface area contributed by atoms with Crippen molar-refractivity contribution in [2.75, 3.05) is 26.0 Å². The van der Waals surface area contributed by atoms with Crippen molar-refractivity contribution in [3.8, 4) is 0 Å². The lowest BCUT2D eigenvalue weighted by atomic mass is 10.1. The molecule has 1 aromatic carbocycles. The minimum absolute atomic E-state index is 0.0761. The van der Waals surface area contributed by atoms with Gasteiger partial charge in [-0.15, -0.1) is 0 Å². The predicted molar refractivity (Wildman–Crippen MR) is 66.7 cm³/mol. The summed E-state index contributed by atoms with van der Waals surface area (Å²) in [5.74, 6) is -0.852. The molecule has 1 saturated carbocycles. The van der Waals surface area contributed by atoms with E-state index < -0.39 is 5.82 Å². The summed E-state index contributed by atoms with van der Waals surface area (Å²) >= 11 is 0. The van der Waals surface area contributed by atoms with E-state index in [1.807, 2.05) is 0 Å². The maximum Gasteiger partial charge on any atom is 0.257 e. The quantitative estimate of drug-likeness (QED) is 0.811. The zero-order chi connectivity index (χ0) is 13.1. The van der Waals surface area contributed by atoms with Crippen molar-refractivity contribution in [2.45, 2.75) is 18.9 Å². The van der Waals surface area contributed by atoms with Crippen LogP contribution in [0.3, 0.4) is 0 Å². The van der Waals surface area contributed by atoms with Gasteiger partial charge in [0, 0.05) is 25.4 Å². The van der Waals surface area contributed by atoms with Gasteiger partial charge in [-0.25, -0.2) is 4.39 Å². The van der Waals surface area contributed by atoms with E-state index in [2.05, 4.69) is 0 Å². The normalized spacial score (nSPS) is 14.6. The summed E-state index contributed by atoms with van der Waals surface area (Å²) in [6, 6.07) is 4.38. The third-order valence-corrected chi connectivity index (χ3v) is 3.01. The van der Waals surface area contributed by atoms with Crippen LogP contribution >= 0.6 is 0 Å². The Kier molecular flexibility index (Phi) is 3.81. The van der Waals surface area contributed by atoms with Gasteiger partial charge in [-0.2, -0.15) is 0 Å². The lowest BCUT2D eigenvalue weighted by Crippen LogP contribution is -2.36. The number of rotatable bonds is 5. The molecule has 5 heteroatoms. The molecule has 1 aliphatic carbocycles. The number of nitrogens with two attached hydrogens (primary N) is 1. The molecular formula is C13H17FN2O2. The third-order valence-electron chi connectivity index (χ3n) is 3.01. The second-order valence-corrected chi connectivity index (χ2v) is 4.46. The molecule has 2 N–H and O–H groups in total. The first-order valence-electron chi connectivity index (χ1n) is 5.98. The van der Waals surface area contributed by atoms with Crippen LogP contribution in [0, 0.1) is 5.82 Å². The van der Waals surface area contributed by atoms with E-state index in [4.69, 9.17) is 10.5 Å². The van der Waals surface area contributed by atoms with Crippen LogP contribution < -0.4 is 5.73 Å². The van der Waals surface area contributed by atoms with Crippen molar-refractivity contribution < 1.29 is 13.9 Å². The second kappa shape index (κ2) is 5.35. The smallest absolute Gasteiger partial charge is 0.257 e. The average molecular weight is 252 g/mol. The van der Waals surface area contributed by atoms with Gasteiger partial charge in [-0.05, 0) is 31.0 Å². The molecule has 18 heavy (non-hydrogen) atoms. The van der Waals surface area contributed by atoms with Crippen molar-refractivity contribution in [1.29, 1.82) is 0 Å². The Morgan fingerprint density at radius 3 is 2.83 bits per heavy atom. The van der Waals surface area contributed by atoms with E-state index in [0.29, 0.717) is 18.8 Å². The van der Waals surface area contributed by atoms with E-state index in [1.54, 1.807) is 12.0 Å². The van der Waals surface area contributed by atoms with Gasteiger partial charge >= 0.3 is 0 Å². The number of hydrogen-bond donors (Lipinski definition) is 1. The average Bonchev–Trinajstić information content (AvgIpc) is 3.13. The number of carbonyl (C=O) groups is 1. The molecule has 0 aromatic heterocycles. The third kappa shape index (κ3) is 2.79. The molecule has 0 aliphatic heterocycles. The fourth-order valence-electron chi connectivity index (χ4n) is 1.89. The number of carbonyl (C=O) groups excluding carboxylic acids is 1. The molecule has 4 nitrogen and oxygen atoms in total. The molecule has 0 unspecified atom stereocenters. The molecule has 0 atom stereocenters. The number of methoxy groups -OCH3 is 1. The van der Waals surface area contributed by atoms with E-state index in [-0.39, 0.29) is 17.5 Å². The molecule has 1 amide bonds. The number of benzene rings is 1. The number of ether oxygens (including phenoxy) is 1. The van der Waals surface area contributed by atoms with Crippen LogP contribution in [-0.2, 0) is 4.74 Å². The molecule has 1 aliphatic rings. The van der Waals surface area contributed by atoms with Gasteiger partial charge in [-0.1, -0.05) is 0 Å². The fourth-order valence-corrected chi connectivity index (χ4v) is 1.89. The first kappa shape index (κ1) is 12.8. The number of nitrogens with zero attached hydrogens (tertiary/aromatic N) is 1. The second-order valence-electron chi connectivity index (χ2n) is 4.46. The first-order valence-corrected chi connectivity index (χ1v) is 5.98. The highest BCUT2D eigenvalue weighted by atomic mass is 19.1. The fraction of sp³-hybridized carbons (Fsp3) is 0.462. The number of hydrogen-bond acceptors (Lipinski definition) is 3. The Morgan fingerprint density at radius 1 is 1.56 bits per heavy atom. The van der Waals surface area contributed by atoms with Gasteiger partial charge < -0.3 is 15.4 Å². The van der Waals surface area contributed by atoms with Gasteiger partial charge in [0.05, 0.1) is 12.2 Å². The van der Waals surface area contributed by atoms with E-state index >= 15 is 0 Å². The minimum Gasteiger partial charge on any atom is -0.399 e. The van der Waals surface area contributed by atoms with Crippen LogP contribution in [0.4, 0.5) is 10.1 Å². The van der Waals surface area contributed by atoms with Crippen LogP contribution in [0.25, 0.3) is 0 Å². The molecule has 0 saturated heterocycles. The molecule has 0 radical (unpaired) electrons. The largest absolute Gasteiger partial charge is 0.399 e. The van der Waals surface area contributed by atoms with Crippen molar-refractivity contribution >= 4 is 11.6 Å². The van der Waals surface area contributed by atoms with Gasteiger partial charge in [-0.3, -0.25) is 4.79 Å². The summed E-state index contributed by atoms with van der Waals surface area (Å²) in [5, 5.41) is 0. The number of anilines is 1. The Bertz CT molecular complexity index is 447. The maximum absolute atomic E-state index is 13.7. The molecule has 0 heterocycles. The lowest BCUT2D eigenvalue weighted by molar-refractivity contribution is 0.0675. The highest BCUT2D eigenvalue weighted by Gasteiger charge is 2.33. The summed E-state index contributed by atoms with van der Waals surface area (Å²) in [6.07, 6.45) is 1.96. The first-order chi connectivity index (χ1) is 8.63. The van der Waals surface area contributed by atoms with Gasteiger partial charge in [0.2, 0.25) is 0 Å². The van der Waals surface area contributed by atoms with Gasteiger partial charge in [0.15, 0.2) is 0 Å². The Morgan fingerprint density at radius 2 is 2.28 bits per heavy atom. The lowest BCUT2D eigenvalue weighted by Gasteiger charge is -2.22. The van der Waals surface area contributed by atoms with Crippen LogP contribution in [0.2, 0.25) is 0 Å². The predicted octanol–water partition coefficient (Wildman–Crippen LogP) is 1.66. The summed E-state index contributed by atoms with van der Waals surface area (Å²) in [6.45, 7) is 0.947. The highest BCUT2D eigenvalue weighted by Crippen LogP contribution is 2.28. The summed E-state index contributed by atoms with van der Waals surface area (Å²) in [4.78, 5) is 13.9. The molecule has 0 bridgehead atoms. The maximum atomic E-state index is 13.7. The van der Waals surface area contributed by atoms with Crippen molar-refractivity contribution in [3.05, 3.63) is 29.6 Å². The highest BCUT2D eigenvalue weighted by molar-refractivity contribution is 5.95. The van der Waals surface area contributed by atoms with Gasteiger partial charge in [0.1, 0.15) is 5.82 Å². The van der Waals surface area contributed by atoms with Gasteiger partial charge in [0.25, 0.3) is 5.91 Å². The Hall–Kier alpha value is -1.62. The SMILES string of the molecule is COCCN(C(=O)c1ccc(N)cc1F)C1CC1. The van der Waals surface area contributed by atoms with Crippen LogP contribution in [-0.4, -0.2) is 37.1 Å². The van der Waals surface area contributed by atoms with Crippen molar-refractivity contribution in [2.24, 2.45) is 0 Å². The standard InChI is InChI=1S/C13H17FN2O2/c1-18-7-6-16(10-3-4-10)13(17)11-5-2-9(15)8-12(11)14/h2,5,8,10H,3-4,6-7,15H2,1H3. The summed E-state index contributed by atoms with van der Waals surface area (Å²) in [7, 11) is 1.58. The summed E-state index contributed by atoms with van der Waals surface area (Å²) in [5.41, 5.74) is 5.87. The molecular weight excluding hydrogens is 235 g/mol. The monoisotopic (exact) mass is 252 g/mol. The van der Waals surface area contributed by atoms with Crippen molar-refractivity contribution in [3.63, 3.8) is 0 Å². The van der Waals surface area contributed by atoms with E-state index in [1.165, 1.54) is 18.2 Å². The minimum atomic E-state index is -0.567. The van der Waals surface area contributed by atoms with Crippen molar-refractivity contribution in [1.82, 2.24) is 4.90 Å². The topological polar surface area (TPSA) is 55.6 Å². The number of halogens is 1.